The lowest BCUT2D eigenvalue weighted by Crippen LogP contribution is -2.28. The molecule has 5 heteroatoms. The fourth-order valence-corrected chi connectivity index (χ4v) is 0.966. The summed E-state index contributed by atoms with van der Waals surface area (Å²) in [6.07, 6.45) is 2.78. The van der Waals surface area contributed by atoms with E-state index in [0.29, 0.717) is 13.0 Å². The van der Waals surface area contributed by atoms with Gasteiger partial charge in [0, 0.05) is 6.42 Å². The van der Waals surface area contributed by atoms with E-state index in [1.54, 1.807) is 0 Å². The van der Waals surface area contributed by atoms with E-state index in [0.717, 1.165) is 19.3 Å². The molecule has 0 aromatic rings. The Morgan fingerprint density at radius 1 is 1.36 bits per heavy atom. The third kappa shape index (κ3) is 8.83. The zero-order valence-corrected chi connectivity index (χ0v) is 8.54. The minimum atomic E-state index is -0.815. The van der Waals surface area contributed by atoms with Gasteiger partial charge in [-0.05, 0) is 6.42 Å². The fourth-order valence-electron chi connectivity index (χ4n) is 0.966. The van der Waals surface area contributed by atoms with Gasteiger partial charge in [-0.3, -0.25) is 4.79 Å². The van der Waals surface area contributed by atoms with Gasteiger partial charge in [0.1, 0.15) is 6.61 Å². The monoisotopic (exact) mass is 202 g/mol. The van der Waals surface area contributed by atoms with Crippen LogP contribution >= 0.6 is 0 Å². The molecule has 0 radical (unpaired) electrons. The highest BCUT2D eigenvalue weighted by Gasteiger charge is 2.00. The van der Waals surface area contributed by atoms with Crippen molar-refractivity contribution < 1.29 is 14.3 Å². The maximum atomic E-state index is 11.1. The number of carbonyl (C=O) groups excluding carboxylic acids is 2. The van der Waals surface area contributed by atoms with Crippen LogP contribution in [0.2, 0.25) is 0 Å². The maximum absolute atomic E-state index is 11.1. The van der Waals surface area contributed by atoms with Gasteiger partial charge >= 0.3 is 6.09 Å². The Bertz CT molecular complexity index is 183. The Kier molecular flexibility index (Phi) is 7.59. The van der Waals surface area contributed by atoms with Crippen molar-refractivity contribution in [2.24, 2.45) is 5.73 Å². The van der Waals surface area contributed by atoms with Gasteiger partial charge in [0.2, 0.25) is 5.91 Å². The molecule has 0 aliphatic heterocycles. The van der Waals surface area contributed by atoms with Crippen LogP contribution in [0.5, 0.6) is 0 Å². The molecule has 0 rings (SSSR count). The Balaban J connectivity index is 3.22. The maximum Gasteiger partial charge on any atom is 0.404 e. The summed E-state index contributed by atoms with van der Waals surface area (Å²) >= 11 is 0. The first-order valence-electron chi connectivity index (χ1n) is 4.85. The van der Waals surface area contributed by atoms with Gasteiger partial charge in [-0.2, -0.15) is 0 Å². The number of amides is 2. The average molecular weight is 202 g/mol. The summed E-state index contributed by atoms with van der Waals surface area (Å²) in [5.74, 6) is -0.00785. The van der Waals surface area contributed by atoms with Gasteiger partial charge in [0.25, 0.3) is 0 Å². The molecule has 0 aromatic carbocycles. The third-order valence-electron chi connectivity index (χ3n) is 1.68. The van der Waals surface area contributed by atoms with Crippen molar-refractivity contribution in [2.75, 3.05) is 13.2 Å². The lowest BCUT2D eigenvalue weighted by Gasteiger charge is -2.04. The molecule has 0 saturated carbocycles. The SMILES string of the molecule is CCCCCC(=O)NCCOC(N)=O. The molecule has 3 N–H and O–H groups in total. The second-order valence-electron chi connectivity index (χ2n) is 2.97. The van der Waals surface area contributed by atoms with Crippen LogP contribution < -0.4 is 11.1 Å². The number of unbranched alkanes of at least 4 members (excludes halogenated alkanes) is 2. The van der Waals surface area contributed by atoms with Gasteiger partial charge in [-0.15, -0.1) is 0 Å². The van der Waals surface area contributed by atoms with E-state index in [2.05, 4.69) is 17.0 Å². The van der Waals surface area contributed by atoms with Crippen LogP contribution in [0.15, 0.2) is 0 Å². The molecule has 0 saturated heterocycles. The molecule has 0 aliphatic carbocycles. The Morgan fingerprint density at radius 3 is 2.64 bits per heavy atom. The molecule has 0 atom stereocenters. The highest BCUT2D eigenvalue weighted by molar-refractivity contribution is 5.75. The van der Waals surface area contributed by atoms with Gasteiger partial charge in [-0.1, -0.05) is 19.8 Å². The number of ether oxygens (including phenoxy) is 1. The van der Waals surface area contributed by atoms with Crippen LogP contribution in [0.25, 0.3) is 0 Å². The van der Waals surface area contributed by atoms with Crippen LogP contribution in [-0.2, 0) is 9.53 Å². The number of carbonyl (C=O) groups is 2. The highest BCUT2D eigenvalue weighted by atomic mass is 16.5. The van der Waals surface area contributed by atoms with Gasteiger partial charge in [-0.25, -0.2) is 4.79 Å². The van der Waals surface area contributed by atoms with Crippen molar-refractivity contribution in [3.05, 3.63) is 0 Å². The van der Waals surface area contributed by atoms with Crippen molar-refractivity contribution in [3.63, 3.8) is 0 Å². The molecular weight excluding hydrogens is 184 g/mol. The number of hydrogen-bond donors (Lipinski definition) is 2. The number of nitrogens with two attached hydrogens (primary N) is 1. The summed E-state index contributed by atoms with van der Waals surface area (Å²) < 4.78 is 4.44. The number of primary amides is 1. The van der Waals surface area contributed by atoms with Crippen molar-refractivity contribution in [2.45, 2.75) is 32.6 Å². The van der Waals surface area contributed by atoms with Crippen LogP contribution in [0.1, 0.15) is 32.6 Å². The summed E-state index contributed by atoms with van der Waals surface area (Å²) in [7, 11) is 0. The first-order valence-corrected chi connectivity index (χ1v) is 4.85. The lowest BCUT2D eigenvalue weighted by atomic mass is 10.2. The molecule has 82 valence electrons. The third-order valence-corrected chi connectivity index (χ3v) is 1.68. The molecule has 0 heterocycles. The highest BCUT2D eigenvalue weighted by Crippen LogP contribution is 1.97. The van der Waals surface area contributed by atoms with E-state index < -0.39 is 6.09 Å². The normalized spacial score (nSPS) is 9.50. The second kappa shape index (κ2) is 8.34. The predicted molar refractivity (Wildman–Crippen MR) is 52.7 cm³/mol. The zero-order valence-electron chi connectivity index (χ0n) is 8.54. The van der Waals surface area contributed by atoms with Crippen LogP contribution in [0.3, 0.4) is 0 Å². The van der Waals surface area contributed by atoms with Crippen molar-refractivity contribution >= 4 is 12.0 Å². The van der Waals surface area contributed by atoms with Crippen molar-refractivity contribution in [1.82, 2.24) is 5.32 Å². The minimum Gasteiger partial charge on any atom is -0.448 e. The number of hydrogen-bond acceptors (Lipinski definition) is 3. The molecule has 2 amide bonds. The summed E-state index contributed by atoms with van der Waals surface area (Å²) in [6.45, 7) is 2.54. The van der Waals surface area contributed by atoms with Crippen LogP contribution in [-0.4, -0.2) is 25.2 Å². The van der Waals surface area contributed by atoms with Crippen molar-refractivity contribution in [1.29, 1.82) is 0 Å². The fraction of sp³-hybridized carbons (Fsp3) is 0.778. The lowest BCUT2D eigenvalue weighted by molar-refractivity contribution is -0.121. The predicted octanol–water partition coefficient (Wildman–Crippen LogP) is 0.778. The topological polar surface area (TPSA) is 81.4 Å². The van der Waals surface area contributed by atoms with E-state index in [9.17, 15) is 9.59 Å². The Labute approximate surface area is 84.0 Å². The summed E-state index contributed by atoms with van der Waals surface area (Å²) in [4.78, 5) is 21.2. The molecule has 0 fully saturated rings. The van der Waals surface area contributed by atoms with E-state index in [-0.39, 0.29) is 12.5 Å². The average Bonchev–Trinajstić information content (AvgIpc) is 2.13. The van der Waals surface area contributed by atoms with E-state index >= 15 is 0 Å². The molecule has 0 aromatic heterocycles. The minimum absolute atomic E-state index is 0.00785. The van der Waals surface area contributed by atoms with Crippen LogP contribution in [0.4, 0.5) is 4.79 Å². The Hall–Kier alpha value is -1.26. The summed E-state index contributed by atoms with van der Waals surface area (Å²) in [6, 6.07) is 0. The summed E-state index contributed by atoms with van der Waals surface area (Å²) in [5, 5.41) is 2.63. The van der Waals surface area contributed by atoms with E-state index in [1.165, 1.54) is 0 Å². The molecular formula is C9H18N2O3. The quantitative estimate of drug-likeness (QED) is 0.598. The first kappa shape index (κ1) is 12.7. The van der Waals surface area contributed by atoms with Gasteiger partial charge in [0.05, 0.1) is 6.54 Å². The smallest absolute Gasteiger partial charge is 0.404 e. The van der Waals surface area contributed by atoms with Crippen LogP contribution in [0, 0.1) is 0 Å². The second-order valence-corrected chi connectivity index (χ2v) is 2.97. The largest absolute Gasteiger partial charge is 0.448 e. The van der Waals surface area contributed by atoms with Gasteiger partial charge < -0.3 is 15.8 Å². The summed E-state index contributed by atoms with van der Waals surface area (Å²) in [5.41, 5.74) is 4.73. The molecule has 0 unspecified atom stereocenters. The molecule has 0 bridgehead atoms. The molecule has 14 heavy (non-hydrogen) atoms. The van der Waals surface area contributed by atoms with Crippen molar-refractivity contribution in [3.8, 4) is 0 Å². The number of nitrogens with one attached hydrogen (secondary N) is 1. The molecule has 0 aliphatic rings. The van der Waals surface area contributed by atoms with E-state index in [1.807, 2.05) is 0 Å². The number of rotatable bonds is 7. The standard InChI is InChI=1S/C9H18N2O3/c1-2-3-4-5-8(12)11-6-7-14-9(10)13/h2-7H2,1H3,(H2,10,13)(H,11,12). The van der Waals surface area contributed by atoms with Gasteiger partial charge in [0.15, 0.2) is 0 Å². The Morgan fingerprint density at radius 2 is 2.07 bits per heavy atom. The molecule has 0 spiro atoms. The molecule has 5 nitrogen and oxygen atoms in total. The first-order chi connectivity index (χ1) is 6.66. The van der Waals surface area contributed by atoms with E-state index in [4.69, 9.17) is 5.73 Å². The zero-order chi connectivity index (χ0) is 10.8.